The van der Waals surface area contributed by atoms with Crippen LogP contribution < -0.4 is 10.6 Å². The molecule has 0 aliphatic heterocycles. The Kier molecular flexibility index (Phi) is 5.13. The summed E-state index contributed by atoms with van der Waals surface area (Å²) in [7, 11) is 0. The van der Waals surface area contributed by atoms with Crippen molar-refractivity contribution in [1.82, 2.24) is 14.3 Å². The lowest BCUT2D eigenvalue weighted by Gasteiger charge is -2.12. The highest BCUT2D eigenvalue weighted by Gasteiger charge is 2.20. The topological polar surface area (TPSA) is 81.0 Å². The predicted octanol–water partition coefficient (Wildman–Crippen LogP) is 4.01. The van der Waals surface area contributed by atoms with Crippen LogP contribution in [0.15, 0.2) is 79.3 Å². The molecule has 30 heavy (non-hydrogen) atoms. The summed E-state index contributed by atoms with van der Waals surface area (Å²) in [4.78, 5) is 24.3. The lowest BCUT2D eigenvalue weighted by atomic mass is 10.2. The molecule has 2 N–H and O–H groups in total. The maximum absolute atomic E-state index is 13.3. The fourth-order valence-electron chi connectivity index (χ4n) is 3.07. The van der Waals surface area contributed by atoms with Crippen molar-refractivity contribution in [3.8, 4) is 11.5 Å². The van der Waals surface area contributed by atoms with E-state index in [4.69, 9.17) is 0 Å². The zero-order chi connectivity index (χ0) is 21.1. The quantitative estimate of drug-likeness (QED) is 0.528. The summed E-state index contributed by atoms with van der Waals surface area (Å²) in [5, 5.41) is 9.86. The minimum Gasteiger partial charge on any atom is -0.326 e. The first-order chi connectivity index (χ1) is 14.5. The van der Waals surface area contributed by atoms with Crippen molar-refractivity contribution in [2.45, 2.75) is 6.92 Å². The number of anilines is 2. The number of amides is 2. The van der Waals surface area contributed by atoms with Crippen molar-refractivity contribution in [1.29, 1.82) is 0 Å². The van der Waals surface area contributed by atoms with E-state index < -0.39 is 0 Å². The van der Waals surface area contributed by atoms with Gasteiger partial charge < -0.3 is 15.2 Å². The lowest BCUT2D eigenvalue weighted by molar-refractivity contribution is -0.114. The molecule has 0 unspecified atom stereocenters. The van der Waals surface area contributed by atoms with Crippen molar-refractivity contribution in [2.24, 2.45) is 0 Å². The third kappa shape index (κ3) is 3.97. The van der Waals surface area contributed by atoms with Crippen LogP contribution in [0.5, 0.6) is 0 Å². The highest BCUT2D eigenvalue weighted by atomic mass is 19.1. The van der Waals surface area contributed by atoms with Crippen molar-refractivity contribution in [3.05, 3.63) is 90.6 Å². The van der Waals surface area contributed by atoms with E-state index in [0.29, 0.717) is 28.4 Å². The van der Waals surface area contributed by atoms with Gasteiger partial charge in [0, 0.05) is 30.7 Å². The number of carbonyl (C=O) groups excluding carboxylic acids is 2. The summed E-state index contributed by atoms with van der Waals surface area (Å²) in [6.07, 6.45) is 5.06. The number of halogens is 1. The van der Waals surface area contributed by atoms with Crippen LogP contribution in [-0.4, -0.2) is 26.2 Å². The van der Waals surface area contributed by atoms with Crippen LogP contribution >= 0.6 is 0 Å². The predicted molar refractivity (Wildman–Crippen MR) is 112 cm³/mol. The van der Waals surface area contributed by atoms with Crippen LogP contribution in [0.4, 0.5) is 15.8 Å². The molecule has 7 nitrogen and oxygen atoms in total. The van der Waals surface area contributed by atoms with E-state index in [9.17, 15) is 14.0 Å². The SMILES string of the molecule is CC(=O)Nc1cccc(NC(=O)c2cnn(-c3ccc(F)cc3)c2-n2cccc2)c1. The van der Waals surface area contributed by atoms with Gasteiger partial charge >= 0.3 is 0 Å². The van der Waals surface area contributed by atoms with E-state index in [0.717, 1.165) is 0 Å². The van der Waals surface area contributed by atoms with Gasteiger partial charge in [0.25, 0.3) is 5.91 Å². The molecule has 0 saturated heterocycles. The molecule has 0 bridgehead atoms. The molecule has 0 spiro atoms. The molecule has 2 amide bonds. The fourth-order valence-corrected chi connectivity index (χ4v) is 3.07. The van der Waals surface area contributed by atoms with Crippen LogP contribution in [0.1, 0.15) is 17.3 Å². The molecule has 2 aromatic heterocycles. The first-order valence-electron chi connectivity index (χ1n) is 9.17. The Morgan fingerprint density at radius 2 is 1.60 bits per heavy atom. The van der Waals surface area contributed by atoms with E-state index in [1.807, 2.05) is 12.1 Å². The van der Waals surface area contributed by atoms with E-state index in [1.165, 1.54) is 25.3 Å². The van der Waals surface area contributed by atoms with Crippen LogP contribution in [-0.2, 0) is 4.79 Å². The molecule has 4 rings (SSSR count). The summed E-state index contributed by atoms with van der Waals surface area (Å²) in [6.45, 7) is 1.42. The molecular formula is C22H18FN5O2. The molecular weight excluding hydrogens is 385 g/mol. The molecule has 4 aromatic rings. The monoisotopic (exact) mass is 403 g/mol. The Morgan fingerprint density at radius 3 is 2.27 bits per heavy atom. The van der Waals surface area contributed by atoms with Gasteiger partial charge in [0.15, 0.2) is 5.82 Å². The smallest absolute Gasteiger partial charge is 0.261 e. The third-order valence-electron chi connectivity index (χ3n) is 4.35. The molecule has 2 aromatic carbocycles. The standard InChI is InChI=1S/C22H18FN5O2/c1-15(29)25-17-5-4-6-18(13-17)26-21(30)20-14-24-28(19-9-7-16(23)8-10-19)22(20)27-11-2-3-12-27/h2-14H,1H3,(H,25,29)(H,26,30). The average molecular weight is 403 g/mol. The van der Waals surface area contributed by atoms with Gasteiger partial charge in [0.1, 0.15) is 11.4 Å². The van der Waals surface area contributed by atoms with Gasteiger partial charge in [-0.3, -0.25) is 9.59 Å². The van der Waals surface area contributed by atoms with Crippen LogP contribution in [0.2, 0.25) is 0 Å². The van der Waals surface area contributed by atoms with E-state index in [1.54, 1.807) is 58.0 Å². The molecule has 150 valence electrons. The van der Waals surface area contributed by atoms with Crippen LogP contribution in [0.3, 0.4) is 0 Å². The number of aromatic nitrogens is 3. The largest absolute Gasteiger partial charge is 0.326 e. The van der Waals surface area contributed by atoms with E-state index in [2.05, 4.69) is 15.7 Å². The second-order valence-electron chi connectivity index (χ2n) is 6.58. The van der Waals surface area contributed by atoms with Gasteiger partial charge in [-0.2, -0.15) is 5.10 Å². The zero-order valence-electron chi connectivity index (χ0n) is 16.0. The Bertz CT molecular complexity index is 1200. The maximum Gasteiger partial charge on any atom is 0.261 e. The van der Waals surface area contributed by atoms with Crippen molar-refractivity contribution < 1.29 is 14.0 Å². The number of carbonyl (C=O) groups is 2. The number of nitrogens with zero attached hydrogens (tertiary/aromatic N) is 3. The average Bonchev–Trinajstić information content (AvgIpc) is 3.38. The Hall–Kier alpha value is -4.20. The summed E-state index contributed by atoms with van der Waals surface area (Å²) in [5.74, 6) is -0.409. The lowest BCUT2D eigenvalue weighted by Crippen LogP contribution is -2.15. The molecule has 0 saturated carbocycles. The molecule has 0 aliphatic rings. The minimum absolute atomic E-state index is 0.200. The van der Waals surface area contributed by atoms with Gasteiger partial charge in [-0.15, -0.1) is 0 Å². The first-order valence-corrected chi connectivity index (χ1v) is 9.17. The van der Waals surface area contributed by atoms with Gasteiger partial charge in [0.2, 0.25) is 5.91 Å². The third-order valence-corrected chi connectivity index (χ3v) is 4.35. The summed E-state index contributed by atoms with van der Waals surface area (Å²) in [5.41, 5.74) is 2.06. The second-order valence-corrected chi connectivity index (χ2v) is 6.58. The highest BCUT2D eigenvalue weighted by Crippen LogP contribution is 2.22. The second kappa shape index (κ2) is 8.04. The van der Waals surface area contributed by atoms with Crippen molar-refractivity contribution in [2.75, 3.05) is 10.6 Å². The van der Waals surface area contributed by atoms with Gasteiger partial charge in [-0.1, -0.05) is 6.07 Å². The summed E-state index contributed by atoms with van der Waals surface area (Å²) >= 11 is 0. The molecule has 0 fully saturated rings. The summed E-state index contributed by atoms with van der Waals surface area (Å²) in [6, 6.07) is 16.4. The number of hydrogen-bond acceptors (Lipinski definition) is 3. The Morgan fingerprint density at radius 1 is 0.933 bits per heavy atom. The van der Waals surface area contributed by atoms with Crippen molar-refractivity contribution >= 4 is 23.2 Å². The normalized spacial score (nSPS) is 10.6. The molecule has 0 atom stereocenters. The minimum atomic E-state index is -0.368. The number of rotatable bonds is 5. The van der Waals surface area contributed by atoms with Gasteiger partial charge in [0.05, 0.1) is 11.9 Å². The summed E-state index contributed by atoms with van der Waals surface area (Å²) < 4.78 is 16.7. The Labute approximate surface area is 171 Å². The van der Waals surface area contributed by atoms with E-state index >= 15 is 0 Å². The van der Waals surface area contributed by atoms with E-state index in [-0.39, 0.29) is 17.6 Å². The number of benzene rings is 2. The first kappa shape index (κ1) is 19.1. The van der Waals surface area contributed by atoms with Crippen molar-refractivity contribution in [3.63, 3.8) is 0 Å². The van der Waals surface area contributed by atoms with Gasteiger partial charge in [-0.05, 0) is 54.6 Å². The molecule has 0 aliphatic carbocycles. The number of nitrogens with one attached hydrogen (secondary N) is 2. The number of hydrogen-bond donors (Lipinski definition) is 2. The molecule has 0 radical (unpaired) electrons. The fraction of sp³-hybridized carbons (Fsp3) is 0.0455. The van der Waals surface area contributed by atoms with Gasteiger partial charge in [-0.25, -0.2) is 9.07 Å². The highest BCUT2D eigenvalue weighted by molar-refractivity contribution is 6.06. The Balaban J connectivity index is 1.70. The van der Waals surface area contributed by atoms with Crippen LogP contribution in [0.25, 0.3) is 11.5 Å². The zero-order valence-corrected chi connectivity index (χ0v) is 16.0. The molecule has 2 heterocycles. The molecule has 8 heteroatoms. The maximum atomic E-state index is 13.3. The van der Waals surface area contributed by atoms with Crippen LogP contribution in [0, 0.1) is 5.82 Å².